The van der Waals surface area contributed by atoms with Crippen LogP contribution in [0.2, 0.25) is 0 Å². The van der Waals surface area contributed by atoms with E-state index >= 15 is 0 Å². The Morgan fingerprint density at radius 3 is 2.33 bits per heavy atom. The zero-order valence-electron chi connectivity index (χ0n) is 19.2. The average Bonchev–Trinajstić information content (AvgIpc) is 3.07. The second-order valence-corrected chi connectivity index (χ2v) is 10.1. The summed E-state index contributed by atoms with van der Waals surface area (Å²) in [6, 6.07) is 16.9. The summed E-state index contributed by atoms with van der Waals surface area (Å²) in [5.74, 6) is 1.21. The fraction of sp³-hybridized carbons (Fsp3) is 0.360. The van der Waals surface area contributed by atoms with E-state index in [1.807, 2.05) is 42.3 Å². The van der Waals surface area contributed by atoms with Crippen LogP contribution < -0.4 is 4.74 Å². The van der Waals surface area contributed by atoms with E-state index < -0.39 is 10.0 Å². The summed E-state index contributed by atoms with van der Waals surface area (Å²) in [5, 5.41) is 0. The lowest BCUT2D eigenvalue weighted by Crippen LogP contribution is -2.43. The lowest BCUT2D eigenvalue weighted by molar-refractivity contribution is -0.136. The molecule has 2 aliphatic rings. The van der Waals surface area contributed by atoms with Crippen LogP contribution in [0, 0.1) is 5.92 Å². The van der Waals surface area contributed by atoms with E-state index in [9.17, 15) is 13.2 Å². The third-order valence-electron chi connectivity index (χ3n) is 6.28. The first kappa shape index (κ1) is 23.0. The number of piperidine rings is 1. The van der Waals surface area contributed by atoms with Crippen molar-refractivity contribution in [2.24, 2.45) is 10.3 Å². The van der Waals surface area contributed by atoms with E-state index in [1.54, 1.807) is 43.2 Å². The van der Waals surface area contributed by atoms with Crippen LogP contribution in [-0.2, 0) is 21.4 Å². The molecule has 1 saturated heterocycles. The van der Waals surface area contributed by atoms with E-state index in [1.165, 1.54) is 0 Å². The van der Waals surface area contributed by atoms with Crippen LogP contribution in [0.3, 0.4) is 0 Å². The Morgan fingerprint density at radius 1 is 1.09 bits per heavy atom. The Morgan fingerprint density at radius 2 is 1.73 bits per heavy atom. The van der Waals surface area contributed by atoms with E-state index in [0.717, 1.165) is 5.56 Å². The molecular weight excluding hydrogens is 438 g/mol. The Balaban J connectivity index is 1.43. The van der Waals surface area contributed by atoms with Crippen LogP contribution in [0.1, 0.15) is 30.9 Å². The summed E-state index contributed by atoms with van der Waals surface area (Å²) < 4.78 is 35.0. The molecule has 0 bridgehead atoms. The van der Waals surface area contributed by atoms with Gasteiger partial charge in [0.05, 0.1) is 7.11 Å². The van der Waals surface area contributed by atoms with Crippen LogP contribution in [0.25, 0.3) is 4.91 Å². The number of sulfonamides is 1. The lowest BCUT2D eigenvalue weighted by atomic mass is 9.94. The molecule has 4 rings (SSSR count). The first-order valence-electron chi connectivity index (χ1n) is 11.0. The number of amides is 1. The summed E-state index contributed by atoms with van der Waals surface area (Å²) in [7, 11) is -0.368. The highest BCUT2D eigenvalue weighted by Crippen LogP contribution is 2.35. The monoisotopic (exact) mass is 467 g/mol. The molecule has 7 nitrogen and oxygen atoms in total. The molecule has 0 aromatic heterocycles. The molecule has 174 valence electrons. The minimum atomic E-state index is -3.78. The van der Waals surface area contributed by atoms with Gasteiger partial charge in [0.25, 0.3) is 10.0 Å². The number of amidine groups is 1. The second-order valence-electron chi connectivity index (χ2n) is 8.51. The Kier molecular flexibility index (Phi) is 6.56. The highest BCUT2D eigenvalue weighted by atomic mass is 32.2. The molecule has 0 N–H and O–H groups in total. The van der Waals surface area contributed by atoms with E-state index in [4.69, 9.17) is 4.74 Å². The maximum Gasteiger partial charge on any atom is 0.285 e. The number of hydrogen-bond donors (Lipinski definition) is 0. The van der Waals surface area contributed by atoms with Gasteiger partial charge in [0.1, 0.15) is 16.5 Å². The van der Waals surface area contributed by atoms with Crippen molar-refractivity contribution in [1.82, 2.24) is 9.80 Å². The van der Waals surface area contributed by atoms with E-state index in [0.29, 0.717) is 55.2 Å². The molecule has 2 heterocycles. The smallest absolute Gasteiger partial charge is 0.285 e. The van der Waals surface area contributed by atoms with E-state index in [-0.39, 0.29) is 16.7 Å². The van der Waals surface area contributed by atoms with Crippen molar-refractivity contribution in [2.45, 2.75) is 26.3 Å². The van der Waals surface area contributed by atoms with Gasteiger partial charge in [-0.05, 0) is 55.2 Å². The van der Waals surface area contributed by atoms with Crippen molar-refractivity contribution in [3.05, 3.63) is 71.3 Å². The van der Waals surface area contributed by atoms with Gasteiger partial charge < -0.3 is 14.5 Å². The van der Waals surface area contributed by atoms with Crippen LogP contribution in [0.15, 0.2) is 64.6 Å². The first-order chi connectivity index (χ1) is 15.8. The van der Waals surface area contributed by atoms with Crippen LogP contribution in [-0.4, -0.2) is 57.2 Å². The average molecular weight is 468 g/mol. The molecule has 0 spiro atoms. The van der Waals surface area contributed by atoms with Gasteiger partial charge in [-0.1, -0.05) is 30.3 Å². The Hall–Kier alpha value is -3.13. The minimum Gasteiger partial charge on any atom is -0.497 e. The first-order valence-corrected chi connectivity index (χ1v) is 12.5. The molecule has 0 atom stereocenters. The molecular formula is C25H29N3O4S. The molecule has 2 aliphatic heterocycles. The SMILES string of the molecule is COc1ccc(C2=C(C)C(N3CCC(C(=O)N(C)Cc4ccccc4)CC3)=NS2(=O)=O)cc1. The number of methoxy groups -OCH3 is 1. The maximum absolute atomic E-state index is 12.9. The van der Waals surface area contributed by atoms with Gasteiger partial charge >= 0.3 is 0 Å². The summed E-state index contributed by atoms with van der Waals surface area (Å²) >= 11 is 0. The largest absolute Gasteiger partial charge is 0.497 e. The molecule has 33 heavy (non-hydrogen) atoms. The third kappa shape index (κ3) is 4.80. The van der Waals surface area contributed by atoms with Gasteiger partial charge in [-0.15, -0.1) is 4.40 Å². The van der Waals surface area contributed by atoms with Crippen LogP contribution >= 0.6 is 0 Å². The van der Waals surface area contributed by atoms with Gasteiger partial charge in [0.15, 0.2) is 0 Å². The zero-order valence-corrected chi connectivity index (χ0v) is 20.0. The highest BCUT2D eigenvalue weighted by molar-refractivity contribution is 8.00. The van der Waals surface area contributed by atoms with Gasteiger partial charge in [-0.2, -0.15) is 8.42 Å². The lowest BCUT2D eigenvalue weighted by Gasteiger charge is -2.34. The molecule has 1 fully saturated rings. The zero-order chi connectivity index (χ0) is 23.6. The number of rotatable bonds is 5. The van der Waals surface area contributed by atoms with Crippen LogP contribution in [0.4, 0.5) is 0 Å². The molecule has 0 saturated carbocycles. The molecule has 0 aliphatic carbocycles. The molecule has 1 amide bonds. The quantitative estimate of drug-likeness (QED) is 0.672. The van der Waals surface area contributed by atoms with Crippen molar-refractivity contribution in [2.75, 3.05) is 27.2 Å². The summed E-state index contributed by atoms with van der Waals surface area (Å²) in [6.45, 7) is 3.57. The van der Waals surface area contributed by atoms with Crippen molar-refractivity contribution in [3.8, 4) is 5.75 Å². The number of carbonyl (C=O) groups is 1. The standard InChI is InChI=1S/C25H29N3O4S/c1-18-23(20-9-11-22(32-3)12-10-20)33(30,31)26-24(18)28-15-13-21(14-16-28)25(29)27(2)17-19-7-5-4-6-8-19/h4-12,21H,13-17H2,1-3H3. The van der Waals surface area contributed by atoms with Gasteiger partial charge in [-0.3, -0.25) is 4.79 Å². The molecule has 2 aromatic carbocycles. The van der Waals surface area contributed by atoms with E-state index in [2.05, 4.69) is 4.40 Å². The number of likely N-dealkylation sites (tertiary alicyclic amines) is 1. The summed E-state index contributed by atoms with van der Waals surface area (Å²) in [4.78, 5) is 17.0. The number of nitrogens with zero attached hydrogens (tertiary/aromatic N) is 3. The summed E-state index contributed by atoms with van der Waals surface area (Å²) in [5.41, 5.74) is 2.34. The Labute approximate surface area is 195 Å². The number of hydrogen-bond acceptors (Lipinski definition) is 5. The fourth-order valence-corrected chi connectivity index (χ4v) is 5.99. The topological polar surface area (TPSA) is 79.3 Å². The summed E-state index contributed by atoms with van der Waals surface area (Å²) in [6.07, 6.45) is 1.34. The second kappa shape index (κ2) is 9.39. The maximum atomic E-state index is 12.9. The van der Waals surface area contributed by atoms with Crippen molar-refractivity contribution in [3.63, 3.8) is 0 Å². The number of ether oxygens (including phenoxy) is 1. The molecule has 8 heteroatoms. The van der Waals surface area contributed by atoms with Crippen molar-refractivity contribution >= 4 is 26.7 Å². The molecule has 0 unspecified atom stereocenters. The van der Waals surface area contributed by atoms with Gasteiger partial charge in [0.2, 0.25) is 5.91 Å². The third-order valence-corrected chi connectivity index (χ3v) is 7.75. The highest BCUT2D eigenvalue weighted by Gasteiger charge is 2.36. The predicted octanol–water partition coefficient (Wildman–Crippen LogP) is 3.54. The predicted molar refractivity (Wildman–Crippen MR) is 129 cm³/mol. The molecule has 0 radical (unpaired) electrons. The fourth-order valence-electron chi connectivity index (χ4n) is 4.51. The van der Waals surface area contributed by atoms with Gasteiger partial charge in [-0.25, -0.2) is 0 Å². The van der Waals surface area contributed by atoms with Crippen LogP contribution in [0.5, 0.6) is 5.75 Å². The number of benzene rings is 2. The Bertz CT molecular complexity index is 1180. The van der Waals surface area contributed by atoms with Gasteiger partial charge in [0, 0.05) is 38.2 Å². The van der Waals surface area contributed by atoms with Crippen molar-refractivity contribution in [1.29, 1.82) is 0 Å². The minimum absolute atomic E-state index is 0.0704. The molecule has 2 aromatic rings. The normalized spacial score (nSPS) is 18.3. The number of carbonyl (C=O) groups excluding carboxylic acids is 1. The van der Waals surface area contributed by atoms with Crippen molar-refractivity contribution < 1.29 is 17.9 Å².